The fourth-order valence-corrected chi connectivity index (χ4v) is 1.84. The molecule has 1 aromatic carbocycles. The summed E-state index contributed by atoms with van der Waals surface area (Å²) in [5.41, 5.74) is -0.803. The van der Waals surface area contributed by atoms with Crippen molar-refractivity contribution >= 4 is 23.6 Å². The van der Waals surface area contributed by atoms with Gasteiger partial charge in [0.1, 0.15) is 5.82 Å². The molecule has 5 heteroatoms. The van der Waals surface area contributed by atoms with Crippen molar-refractivity contribution in [1.82, 2.24) is 4.90 Å². The molecule has 1 aromatic rings. The number of rotatable bonds is 4. The minimum absolute atomic E-state index is 0.175. The molecule has 1 rings (SSSR count). The molecule has 0 fully saturated rings. The Kier molecular flexibility index (Phi) is 5.09. The number of hydrogen-bond donors (Lipinski definition) is 1. The molecule has 1 amide bonds. The Hall–Kier alpha value is -1.39. The lowest BCUT2D eigenvalue weighted by Gasteiger charge is -2.24. The standard InChI is InChI=1S/C14H17ClFNO2/c1-14(2,19)9-17(3)13(18)8-7-10-11(15)5-4-6-12(10)16/h4-8,19H,9H2,1-3H3. The van der Waals surface area contributed by atoms with Crippen LogP contribution in [0.25, 0.3) is 6.08 Å². The lowest BCUT2D eigenvalue weighted by atomic mass is 10.1. The second-order valence-electron chi connectivity index (χ2n) is 4.98. The van der Waals surface area contributed by atoms with E-state index in [9.17, 15) is 14.3 Å². The van der Waals surface area contributed by atoms with E-state index in [-0.39, 0.29) is 23.0 Å². The van der Waals surface area contributed by atoms with E-state index in [2.05, 4.69) is 0 Å². The molecule has 0 spiro atoms. The van der Waals surface area contributed by atoms with Crippen LogP contribution < -0.4 is 0 Å². The van der Waals surface area contributed by atoms with Gasteiger partial charge in [0.2, 0.25) is 5.91 Å². The van der Waals surface area contributed by atoms with Gasteiger partial charge in [0.15, 0.2) is 0 Å². The summed E-state index contributed by atoms with van der Waals surface area (Å²) < 4.78 is 13.5. The molecule has 0 saturated heterocycles. The van der Waals surface area contributed by atoms with Crippen LogP contribution in [0.4, 0.5) is 4.39 Å². The van der Waals surface area contributed by atoms with E-state index in [0.717, 1.165) is 0 Å². The van der Waals surface area contributed by atoms with Crippen molar-refractivity contribution < 1.29 is 14.3 Å². The predicted molar refractivity (Wildman–Crippen MR) is 74.4 cm³/mol. The van der Waals surface area contributed by atoms with Gasteiger partial charge in [-0.1, -0.05) is 17.7 Å². The number of halogens is 2. The van der Waals surface area contributed by atoms with Crippen LogP contribution in [0.15, 0.2) is 24.3 Å². The van der Waals surface area contributed by atoms with E-state index in [1.165, 1.54) is 29.2 Å². The Balaban J connectivity index is 2.79. The van der Waals surface area contributed by atoms with Gasteiger partial charge < -0.3 is 10.0 Å². The second-order valence-corrected chi connectivity index (χ2v) is 5.38. The summed E-state index contributed by atoms with van der Waals surface area (Å²) in [5, 5.41) is 9.86. The predicted octanol–water partition coefficient (Wildman–Crippen LogP) is 2.72. The molecular weight excluding hydrogens is 269 g/mol. The van der Waals surface area contributed by atoms with Gasteiger partial charge in [0.05, 0.1) is 10.6 Å². The van der Waals surface area contributed by atoms with Crippen LogP contribution in [-0.2, 0) is 4.79 Å². The summed E-state index contributed by atoms with van der Waals surface area (Å²) in [4.78, 5) is 13.1. The average molecular weight is 286 g/mol. The van der Waals surface area contributed by atoms with Gasteiger partial charge in [0, 0.05) is 25.2 Å². The lowest BCUT2D eigenvalue weighted by Crippen LogP contribution is -2.38. The largest absolute Gasteiger partial charge is 0.389 e. The summed E-state index contributed by atoms with van der Waals surface area (Å²) in [6.07, 6.45) is 2.57. The third kappa shape index (κ3) is 5.01. The summed E-state index contributed by atoms with van der Waals surface area (Å²) in [6.45, 7) is 3.39. The molecule has 0 aliphatic carbocycles. The van der Waals surface area contributed by atoms with Gasteiger partial charge in [-0.25, -0.2) is 4.39 Å². The van der Waals surface area contributed by atoms with Crippen molar-refractivity contribution in [2.24, 2.45) is 0 Å². The summed E-state index contributed by atoms with van der Waals surface area (Å²) in [7, 11) is 1.56. The molecule has 0 atom stereocenters. The lowest BCUT2D eigenvalue weighted by molar-refractivity contribution is -0.127. The van der Waals surface area contributed by atoms with Crippen molar-refractivity contribution in [3.8, 4) is 0 Å². The van der Waals surface area contributed by atoms with Gasteiger partial charge in [-0.2, -0.15) is 0 Å². The van der Waals surface area contributed by atoms with Crippen molar-refractivity contribution in [2.75, 3.05) is 13.6 Å². The van der Waals surface area contributed by atoms with Crippen molar-refractivity contribution in [2.45, 2.75) is 19.4 Å². The zero-order valence-corrected chi connectivity index (χ0v) is 11.9. The van der Waals surface area contributed by atoms with Crippen LogP contribution >= 0.6 is 11.6 Å². The highest BCUT2D eigenvalue weighted by Crippen LogP contribution is 2.20. The number of carbonyl (C=O) groups is 1. The van der Waals surface area contributed by atoms with E-state index < -0.39 is 11.4 Å². The first-order chi connectivity index (χ1) is 8.70. The zero-order chi connectivity index (χ0) is 14.6. The topological polar surface area (TPSA) is 40.5 Å². The van der Waals surface area contributed by atoms with Crippen LogP contribution in [0.5, 0.6) is 0 Å². The highest BCUT2D eigenvalue weighted by atomic mass is 35.5. The summed E-state index contributed by atoms with van der Waals surface area (Å²) >= 11 is 5.84. The number of nitrogens with zero attached hydrogens (tertiary/aromatic N) is 1. The molecule has 1 N–H and O–H groups in total. The fraction of sp³-hybridized carbons (Fsp3) is 0.357. The number of benzene rings is 1. The Labute approximate surface area is 117 Å². The maximum absolute atomic E-state index is 13.5. The Morgan fingerprint density at radius 1 is 1.53 bits per heavy atom. The van der Waals surface area contributed by atoms with Crippen LogP contribution in [0.3, 0.4) is 0 Å². The minimum Gasteiger partial charge on any atom is -0.389 e. The SMILES string of the molecule is CN(CC(C)(C)O)C(=O)C=Cc1c(F)cccc1Cl. The Bertz CT molecular complexity index is 474. The molecule has 0 aromatic heterocycles. The third-order valence-electron chi connectivity index (χ3n) is 2.39. The van der Waals surface area contributed by atoms with Crippen LogP contribution in [0.2, 0.25) is 5.02 Å². The van der Waals surface area contributed by atoms with E-state index in [1.807, 2.05) is 0 Å². The van der Waals surface area contributed by atoms with E-state index >= 15 is 0 Å². The molecule has 19 heavy (non-hydrogen) atoms. The average Bonchev–Trinajstić information content (AvgIpc) is 2.25. The van der Waals surface area contributed by atoms with Crippen LogP contribution in [0.1, 0.15) is 19.4 Å². The van der Waals surface area contributed by atoms with Crippen LogP contribution in [0, 0.1) is 5.82 Å². The van der Waals surface area contributed by atoms with Gasteiger partial charge in [-0.3, -0.25) is 4.79 Å². The molecule has 0 aliphatic rings. The van der Waals surface area contributed by atoms with E-state index in [1.54, 1.807) is 27.0 Å². The first kappa shape index (κ1) is 15.7. The highest BCUT2D eigenvalue weighted by molar-refractivity contribution is 6.32. The molecule has 0 radical (unpaired) electrons. The van der Waals surface area contributed by atoms with Gasteiger partial charge in [-0.05, 0) is 32.1 Å². The number of aliphatic hydroxyl groups is 1. The minimum atomic E-state index is -0.978. The maximum Gasteiger partial charge on any atom is 0.246 e. The summed E-state index contributed by atoms with van der Waals surface area (Å²) in [6, 6.07) is 4.32. The third-order valence-corrected chi connectivity index (χ3v) is 2.72. The summed E-state index contributed by atoms with van der Waals surface area (Å²) in [5.74, 6) is -0.817. The number of amides is 1. The van der Waals surface area contributed by atoms with E-state index in [4.69, 9.17) is 11.6 Å². The first-order valence-corrected chi connectivity index (χ1v) is 6.18. The highest BCUT2D eigenvalue weighted by Gasteiger charge is 2.17. The van der Waals surface area contributed by atoms with Crippen molar-refractivity contribution in [3.63, 3.8) is 0 Å². The van der Waals surface area contributed by atoms with Gasteiger partial charge in [0.25, 0.3) is 0 Å². The molecular formula is C14H17ClFNO2. The van der Waals surface area contributed by atoms with E-state index in [0.29, 0.717) is 0 Å². The van der Waals surface area contributed by atoms with Crippen molar-refractivity contribution in [3.05, 3.63) is 40.7 Å². The second kappa shape index (κ2) is 6.17. The quantitative estimate of drug-likeness (QED) is 0.864. The Morgan fingerprint density at radius 3 is 2.68 bits per heavy atom. The van der Waals surface area contributed by atoms with Crippen molar-refractivity contribution in [1.29, 1.82) is 0 Å². The number of hydrogen-bond acceptors (Lipinski definition) is 2. The molecule has 3 nitrogen and oxygen atoms in total. The van der Waals surface area contributed by atoms with Gasteiger partial charge in [-0.15, -0.1) is 0 Å². The molecule has 0 aliphatic heterocycles. The zero-order valence-electron chi connectivity index (χ0n) is 11.2. The number of carbonyl (C=O) groups excluding carboxylic acids is 1. The molecule has 104 valence electrons. The first-order valence-electron chi connectivity index (χ1n) is 5.80. The molecule has 0 bridgehead atoms. The molecule has 0 unspecified atom stereocenters. The monoisotopic (exact) mass is 285 g/mol. The fourth-order valence-electron chi connectivity index (χ4n) is 1.61. The molecule has 0 heterocycles. The number of likely N-dealkylation sites (N-methyl/N-ethyl adjacent to an activating group) is 1. The molecule has 0 saturated carbocycles. The normalized spacial score (nSPS) is 11.9. The van der Waals surface area contributed by atoms with Crippen LogP contribution in [-0.4, -0.2) is 35.1 Å². The Morgan fingerprint density at radius 2 is 2.16 bits per heavy atom. The smallest absolute Gasteiger partial charge is 0.246 e. The van der Waals surface area contributed by atoms with Gasteiger partial charge >= 0.3 is 0 Å². The maximum atomic E-state index is 13.5.